The Morgan fingerprint density at radius 3 is 2.50 bits per heavy atom. The highest BCUT2D eigenvalue weighted by atomic mass is 19.1. The Bertz CT molecular complexity index is 920. The maximum Gasteiger partial charge on any atom is 0.289 e. The van der Waals surface area contributed by atoms with Crippen LogP contribution >= 0.6 is 0 Å². The highest BCUT2D eigenvalue weighted by Crippen LogP contribution is 2.22. The summed E-state index contributed by atoms with van der Waals surface area (Å²) >= 11 is 0. The molecule has 0 saturated carbocycles. The van der Waals surface area contributed by atoms with E-state index in [1.54, 1.807) is 23.1 Å². The fourth-order valence-corrected chi connectivity index (χ4v) is 3.98. The van der Waals surface area contributed by atoms with Crippen LogP contribution in [0.3, 0.4) is 0 Å². The maximum absolute atomic E-state index is 14.7. The first-order valence-corrected chi connectivity index (χ1v) is 11.1. The number of morpholine rings is 1. The average molecular weight is 444 g/mol. The van der Waals surface area contributed by atoms with Crippen molar-refractivity contribution in [2.24, 2.45) is 4.99 Å². The third-order valence-electron chi connectivity index (χ3n) is 5.71. The van der Waals surface area contributed by atoms with Gasteiger partial charge in [-0.2, -0.15) is 0 Å². The molecule has 2 aliphatic heterocycles. The van der Waals surface area contributed by atoms with Crippen LogP contribution in [0.1, 0.15) is 23.0 Å². The van der Waals surface area contributed by atoms with Crippen LogP contribution in [0.5, 0.6) is 0 Å². The summed E-state index contributed by atoms with van der Waals surface area (Å²) in [6, 6.07) is 8.73. The Labute approximate surface area is 187 Å². The molecule has 8 nitrogen and oxygen atoms in total. The number of piperazine rings is 1. The molecule has 3 heterocycles. The molecule has 1 N–H and O–H groups in total. The highest BCUT2D eigenvalue weighted by Gasteiger charge is 2.25. The molecule has 2 aliphatic rings. The number of ether oxygens (including phenoxy) is 1. The third kappa shape index (κ3) is 5.21. The molecule has 2 saturated heterocycles. The summed E-state index contributed by atoms with van der Waals surface area (Å²) in [6.45, 7) is 8.30. The second-order valence-electron chi connectivity index (χ2n) is 7.81. The number of rotatable bonds is 5. The van der Waals surface area contributed by atoms with E-state index in [9.17, 15) is 9.18 Å². The maximum atomic E-state index is 14.7. The zero-order valence-corrected chi connectivity index (χ0v) is 18.4. The van der Waals surface area contributed by atoms with Gasteiger partial charge in [0, 0.05) is 45.8 Å². The van der Waals surface area contributed by atoms with E-state index in [0.717, 1.165) is 18.1 Å². The van der Waals surface area contributed by atoms with Gasteiger partial charge < -0.3 is 29.2 Å². The van der Waals surface area contributed by atoms with Crippen LogP contribution in [0, 0.1) is 5.82 Å². The van der Waals surface area contributed by atoms with Crippen LogP contribution in [0.15, 0.2) is 46.0 Å². The fraction of sp³-hybridized carbons (Fsp3) is 0.478. The topological polar surface area (TPSA) is 73.6 Å². The van der Waals surface area contributed by atoms with Gasteiger partial charge in [-0.05, 0) is 36.8 Å². The van der Waals surface area contributed by atoms with Crippen molar-refractivity contribution in [2.75, 3.05) is 63.9 Å². The van der Waals surface area contributed by atoms with E-state index in [1.165, 1.54) is 6.26 Å². The van der Waals surface area contributed by atoms with E-state index >= 15 is 0 Å². The first-order chi connectivity index (χ1) is 15.7. The molecule has 0 spiro atoms. The predicted molar refractivity (Wildman–Crippen MR) is 120 cm³/mol. The van der Waals surface area contributed by atoms with Crippen LogP contribution in [0.2, 0.25) is 0 Å². The summed E-state index contributed by atoms with van der Waals surface area (Å²) in [5.74, 6) is 0.818. The quantitative estimate of drug-likeness (QED) is 0.564. The van der Waals surface area contributed by atoms with Gasteiger partial charge in [0.25, 0.3) is 5.91 Å². The first-order valence-electron chi connectivity index (χ1n) is 11.1. The summed E-state index contributed by atoms with van der Waals surface area (Å²) in [6.07, 6.45) is 1.51. The van der Waals surface area contributed by atoms with E-state index in [4.69, 9.17) is 14.1 Å². The third-order valence-corrected chi connectivity index (χ3v) is 5.71. The molecule has 1 aromatic carbocycles. The highest BCUT2D eigenvalue weighted by molar-refractivity contribution is 5.91. The minimum Gasteiger partial charge on any atom is -0.459 e. The number of aliphatic imine (C=N–C) groups is 1. The molecule has 9 heteroatoms. The summed E-state index contributed by atoms with van der Waals surface area (Å²) in [5.41, 5.74) is 1.44. The van der Waals surface area contributed by atoms with Crippen LogP contribution in [0.4, 0.5) is 10.1 Å². The molecule has 1 amide bonds. The van der Waals surface area contributed by atoms with Crippen molar-refractivity contribution in [3.63, 3.8) is 0 Å². The van der Waals surface area contributed by atoms with Crippen LogP contribution in [0.25, 0.3) is 0 Å². The van der Waals surface area contributed by atoms with Crippen LogP contribution in [-0.2, 0) is 11.3 Å². The van der Waals surface area contributed by atoms with E-state index in [1.807, 2.05) is 24.0 Å². The second kappa shape index (κ2) is 10.5. The normalized spacial score (nSPS) is 17.6. The number of carbonyl (C=O) groups is 1. The molecule has 0 radical (unpaired) electrons. The van der Waals surface area contributed by atoms with E-state index in [2.05, 4.69) is 10.2 Å². The number of nitrogens with zero attached hydrogens (tertiary/aromatic N) is 4. The van der Waals surface area contributed by atoms with Crippen molar-refractivity contribution in [3.05, 3.63) is 53.7 Å². The van der Waals surface area contributed by atoms with Crippen LogP contribution in [-0.4, -0.2) is 80.7 Å². The van der Waals surface area contributed by atoms with Crippen molar-refractivity contribution >= 4 is 17.6 Å². The number of halogens is 1. The minimum absolute atomic E-state index is 0.0903. The molecule has 2 aromatic rings. The van der Waals surface area contributed by atoms with Gasteiger partial charge in [-0.25, -0.2) is 9.38 Å². The van der Waals surface area contributed by atoms with Gasteiger partial charge in [0.1, 0.15) is 5.82 Å². The average Bonchev–Trinajstić information content (AvgIpc) is 3.37. The molecule has 0 atom stereocenters. The standard InChI is InChI=1S/C23H30FN5O3/c1-2-25-23(29-9-7-28(8-10-29)22(30)21-4-3-13-32-21)26-17-18-5-6-20(19(24)16-18)27-11-14-31-15-12-27/h3-6,13,16H,2,7-12,14-15,17H2,1H3,(H,25,26). The fourth-order valence-electron chi connectivity index (χ4n) is 3.98. The summed E-state index contributed by atoms with van der Waals surface area (Å²) < 4.78 is 25.3. The first kappa shape index (κ1) is 22.1. The molecule has 0 aliphatic carbocycles. The monoisotopic (exact) mass is 443 g/mol. The Morgan fingerprint density at radius 2 is 1.84 bits per heavy atom. The number of carbonyl (C=O) groups excluding carboxylic acids is 1. The van der Waals surface area contributed by atoms with Crippen molar-refractivity contribution in [3.8, 4) is 0 Å². The SMILES string of the molecule is CCNC(=NCc1ccc(N2CCOCC2)c(F)c1)N1CCN(C(=O)c2ccco2)CC1. The largest absolute Gasteiger partial charge is 0.459 e. The number of furan rings is 1. The lowest BCUT2D eigenvalue weighted by atomic mass is 10.1. The van der Waals surface area contributed by atoms with Gasteiger partial charge in [-0.3, -0.25) is 4.79 Å². The van der Waals surface area contributed by atoms with E-state index in [-0.39, 0.29) is 11.7 Å². The number of nitrogens with one attached hydrogen (secondary N) is 1. The van der Waals surface area contributed by atoms with Gasteiger partial charge in [0.2, 0.25) is 0 Å². The number of benzene rings is 1. The molecule has 0 unspecified atom stereocenters. The van der Waals surface area contributed by atoms with Crippen molar-refractivity contribution in [2.45, 2.75) is 13.5 Å². The Kier molecular flexibility index (Phi) is 7.26. The van der Waals surface area contributed by atoms with Crippen LogP contribution < -0.4 is 10.2 Å². The summed E-state index contributed by atoms with van der Waals surface area (Å²) in [5, 5.41) is 3.31. The van der Waals surface area contributed by atoms with Gasteiger partial charge in [-0.15, -0.1) is 0 Å². The van der Waals surface area contributed by atoms with Gasteiger partial charge in [0.05, 0.1) is 31.7 Å². The smallest absolute Gasteiger partial charge is 0.289 e. The summed E-state index contributed by atoms with van der Waals surface area (Å²) in [4.78, 5) is 23.1. The molecular weight excluding hydrogens is 413 g/mol. The molecule has 1 aromatic heterocycles. The van der Waals surface area contributed by atoms with E-state index < -0.39 is 0 Å². The molecule has 0 bridgehead atoms. The predicted octanol–water partition coefficient (Wildman–Crippen LogP) is 2.18. The lowest BCUT2D eigenvalue weighted by Crippen LogP contribution is -2.53. The Morgan fingerprint density at radius 1 is 1.09 bits per heavy atom. The van der Waals surface area contributed by atoms with E-state index in [0.29, 0.717) is 70.5 Å². The lowest BCUT2D eigenvalue weighted by molar-refractivity contribution is 0.0657. The molecule has 172 valence electrons. The molecule has 4 rings (SSSR count). The number of anilines is 1. The van der Waals surface area contributed by atoms with Gasteiger partial charge >= 0.3 is 0 Å². The second-order valence-corrected chi connectivity index (χ2v) is 7.81. The lowest BCUT2D eigenvalue weighted by Gasteiger charge is -2.36. The minimum atomic E-state index is -0.227. The Balaban J connectivity index is 1.37. The zero-order chi connectivity index (χ0) is 22.3. The van der Waals surface area contributed by atoms with Gasteiger partial charge in [-0.1, -0.05) is 6.07 Å². The number of hydrogen-bond donors (Lipinski definition) is 1. The molecular formula is C23H30FN5O3. The molecule has 2 fully saturated rings. The van der Waals surface area contributed by atoms with Crippen molar-refractivity contribution < 1.29 is 18.3 Å². The van der Waals surface area contributed by atoms with Crippen molar-refractivity contribution in [1.29, 1.82) is 0 Å². The number of hydrogen-bond acceptors (Lipinski definition) is 5. The summed E-state index contributed by atoms with van der Waals surface area (Å²) in [7, 11) is 0. The number of amides is 1. The number of guanidine groups is 1. The van der Waals surface area contributed by atoms with Crippen molar-refractivity contribution in [1.82, 2.24) is 15.1 Å². The Hall–Kier alpha value is -3.07. The van der Waals surface area contributed by atoms with Gasteiger partial charge in [0.15, 0.2) is 11.7 Å². The zero-order valence-electron chi connectivity index (χ0n) is 18.4. The molecule has 32 heavy (non-hydrogen) atoms.